The molecule has 0 aromatic heterocycles. The van der Waals surface area contributed by atoms with Crippen LogP contribution in [0.1, 0.15) is 5.56 Å². The number of fused-ring (bicyclic) bond motifs is 1. The number of hydrogen-bond acceptors (Lipinski definition) is 5. The lowest BCUT2D eigenvalue weighted by molar-refractivity contribution is -0.384. The van der Waals surface area contributed by atoms with Crippen LogP contribution in [0.25, 0.3) is 16.8 Å². The quantitative estimate of drug-likeness (QED) is 0.411. The molecule has 1 fully saturated rings. The molecule has 1 aliphatic rings. The highest BCUT2D eigenvalue weighted by atomic mass is 32.2. The molecule has 0 atom stereocenters. The van der Waals surface area contributed by atoms with E-state index in [4.69, 9.17) is 0 Å². The molecule has 132 valence electrons. The average Bonchev–Trinajstić information content (AvgIpc) is 3.01. The Hall–Kier alpha value is -3.45. The summed E-state index contributed by atoms with van der Waals surface area (Å²) in [5.74, 6) is -0.238. The molecule has 1 heterocycles. The normalized spacial score (nSPS) is 16.8. The predicted molar refractivity (Wildman–Crippen MR) is 108 cm³/mol. The van der Waals surface area contributed by atoms with E-state index in [0.717, 1.165) is 16.5 Å². The maximum Gasteiger partial charge on any atom is 0.269 e. The second-order valence-electron chi connectivity index (χ2n) is 5.86. The number of nitro benzene ring substituents is 1. The Labute approximate surface area is 158 Å². The third-order valence-corrected chi connectivity index (χ3v) is 4.93. The second kappa shape index (κ2) is 7.05. The molecule has 3 aromatic carbocycles. The van der Waals surface area contributed by atoms with Crippen molar-refractivity contribution in [3.8, 4) is 0 Å². The molecule has 0 aliphatic carbocycles. The topological polar surface area (TPSA) is 84.6 Å². The maximum atomic E-state index is 12.2. The average molecular weight is 375 g/mol. The van der Waals surface area contributed by atoms with E-state index in [2.05, 4.69) is 10.3 Å². The Balaban J connectivity index is 1.57. The lowest BCUT2D eigenvalue weighted by Gasteiger charge is -2.00. The number of nitrogens with zero attached hydrogens (tertiary/aromatic N) is 2. The Kier molecular flexibility index (Phi) is 4.43. The molecule has 1 amide bonds. The van der Waals surface area contributed by atoms with Crippen LogP contribution in [0, 0.1) is 10.1 Å². The Bertz CT molecular complexity index is 1120. The van der Waals surface area contributed by atoms with Crippen molar-refractivity contribution in [3.05, 3.63) is 87.3 Å². The van der Waals surface area contributed by atoms with E-state index in [1.807, 2.05) is 42.5 Å². The molecule has 0 radical (unpaired) electrons. The van der Waals surface area contributed by atoms with E-state index in [0.29, 0.717) is 15.6 Å². The van der Waals surface area contributed by atoms with Crippen LogP contribution >= 0.6 is 11.8 Å². The summed E-state index contributed by atoms with van der Waals surface area (Å²) in [6.45, 7) is 0. The van der Waals surface area contributed by atoms with Gasteiger partial charge in [-0.1, -0.05) is 30.3 Å². The van der Waals surface area contributed by atoms with Crippen molar-refractivity contribution >= 4 is 51.1 Å². The number of nitro groups is 1. The monoisotopic (exact) mass is 375 g/mol. The minimum atomic E-state index is -0.456. The molecule has 4 rings (SSSR count). The number of carbonyl (C=O) groups excluding carboxylic acids is 1. The van der Waals surface area contributed by atoms with Gasteiger partial charge in [0, 0.05) is 12.1 Å². The first kappa shape index (κ1) is 17.0. The van der Waals surface area contributed by atoms with Gasteiger partial charge in [-0.05, 0) is 58.4 Å². The van der Waals surface area contributed by atoms with Crippen molar-refractivity contribution in [2.24, 2.45) is 4.99 Å². The smallest absolute Gasteiger partial charge is 0.269 e. The molecule has 6 nitrogen and oxygen atoms in total. The van der Waals surface area contributed by atoms with E-state index in [9.17, 15) is 14.9 Å². The van der Waals surface area contributed by atoms with Crippen molar-refractivity contribution in [2.75, 3.05) is 0 Å². The van der Waals surface area contributed by atoms with Crippen molar-refractivity contribution in [2.45, 2.75) is 0 Å². The largest absolute Gasteiger partial charge is 0.300 e. The summed E-state index contributed by atoms with van der Waals surface area (Å²) in [5, 5.41) is 16.2. The molecule has 7 heteroatoms. The number of amidine groups is 1. The minimum Gasteiger partial charge on any atom is -0.300 e. The number of carbonyl (C=O) groups is 1. The van der Waals surface area contributed by atoms with Crippen LogP contribution in [0.4, 0.5) is 11.4 Å². The molecule has 3 aromatic rings. The highest BCUT2D eigenvalue weighted by molar-refractivity contribution is 8.18. The van der Waals surface area contributed by atoms with Crippen LogP contribution < -0.4 is 5.32 Å². The first-order chi connectivity index (χ1) is 13.1. The molecule has 0 spiro atoms. The predicted octanol–water partition coefficient (Wildman–Crippen LogP) is 4.64. The van der Waals surface area contributed by atoms with E-state index < -0.39 is 4.92 Å². The van der Waals surface area contributed by atoms with Gasteiger partial charge in [0.05, 0.1) is 15.5 Å². The van der Waals surface area contributed by atoms with Gasteiger partial charge in [0.15, 0.2) is 5.17 Å². The number of aliphatic imine (C=N–C) groups is 1. The third kappa shape index (κ3) is 3.73. The molecule has 1 saturated heterocycles. The molecule has 1 N–H and O–H groups in total. The van der Waals surface area contributed by atoms with Gasteiger partial charge in [0.25, 0.3) is 11.6 Å². The van der Waals surface area contributed by atoms with E-state index in [-0.39, 0.29) is 11.6 Å². The highest BCUT2D eigenvalue weighted by Crippen LogP contribution is 2.29. The van der Waals surface area contributed by atoms with Gasteiger partial charge in [-0.25, -0.2) is 4.99 Å². The fourth-order valence-corrected chi connectivity index (χ4v) is 3.53. The molecule has 27 heavy (non-hydrogen) atoms. The third-order valence-electron chi connectivity index (χ3n) is 4.02. The van der Waals surface area contributed by atoms with Gasteiger partial charge in [0.1, 0.15) is 0 Å². The van der Waals surface area contributed by atoms with Gasteiger partial charge in [-0.3, -0.25) is 14.9 Å². The molecule has 1 aliphatic heterocycles. The fourth-order valence-electron chi connectivity index (χ4n) is 2.69. The number of rotatable bonds is 3. The summed E-state index contributed by atoms with van der Waals surface area (Å²) < 4.78 is 0. The molecule has 0 unspecified atom stereocenters. The van der Waals surface area contributed by atoms with Gasteiger partial charge >= 0.3 is 0 Å². The summed E-state index contributed by atoms with van der Waals surface area (Å²) in [6.07, 6.45) is 1.69. The molecular formula is C20H13N3O3S. The highest BCUT2D eigenvalue weighted by Gasteiger charge is 2.23. The summed E-state index contributed by atoms with van der Waals surface area (Å²) in [7, 11) is 0. The number of thioether (sulfide) groups is 1. The molecule has 0 bridgehead atoms. The number of amides is 1. The van der Waals surface area contributed by atoms with Gasteiger partial charge in [-0.2, -0.15) is 0 Å². The van der Waals surface area contributed by atoms with Crippen molar-refractivity contribution < 1.29 is 9.72 Å². The van der Waals surface area contributed by atoms with Crippen LogP contribution in [-0.2, 0) is 4.79 Å². The number of benzene rings is 3. The summed E-state index contributed by atoms with van der Waals surface area (Å²) in [6, 6.07) is 19.9. The lowest BCUT2D eigenvalue weighted by Crippen LogP contribution is -2.19. The van der Waals surface area contributed by atoms with Crippen LogP contribution in [0.5, 0.6) is 0 Å². The van der Waals surface area contributed by atoms with Crippen LogP contribution in [-0.4, -0.2) is 16.0 Å². The van der Waals surface area contributed by atoms with Gasteiger partial charge in [-0.15, -0.1) is 0 Å². The van der Waals surface area contributed by atoms with Gasteiger partial charge in [0.2, 0.25) is 0 Å². The van der Waals surface area contributed by atoms with E-state index in [1.165, 1.54) is 23.9 Å². The van der Waals surface area contributed by atoms with E-state index >= 15 is 0 Å². The number of nitrogens with one attached hydrogen (secondary N) is 1. The fraction of sp³-hybridized carbons (Fsp3) is 0. The van der Waals surface area contributed by atoms with Crippen molar-refractivity contribution in [1.82, 2.24) is 5.32 Å². The van der Waals surface area contributed by atoms with Crippen molar-refractivity contribution in [3.63, 3.8) is 0 Å². The summed E-state index contributed by atoms with van der Waals surface area (Å²) in [5.41, 5.74) is 1.48. The van der Waals surface area contributed by atoms with Gasteiger partial charge < -0.3 is 5.32 Å². The number of hydrogen-bond donors (Lipinski definition) is 1. The minimum absolute atomic E-state index is 0.0132. The van der Waals surface area contributed by atoms with Crippen LogP contribution in [0.2, 0.25) is 0 Å². The standard InChI is InChI=1S/C20H13N3O3S/c24-19-18(11-13-5-9-17(10-6-13)23(25)26)27-20(22-19)21-16-8-7-14-3-1-2-4-15(14)12-16/h1-12H,(H,21,22,24)/b18-11-. The molecule has 0 saturated carbocycles. The summed E-state index contributed by atoms with van der Waals surface area (Å²) in [4.78, 5) is 27.4. The SMILES string of the molecule is O=C1NC(=Nc2ccc3ccccc3c2)S/C1=C\c1ccc([N+](=O)[O-])cc1. The Morgan fingerprint density at radius 1 is 1.00 bits per heavy atom. The van der Waals surface area contributed by atoms with E-state index in [1.54, 1.807) is 18.2 Å². The zero-order valence-electron chi connectivity index (χ0n) is 14.0. The molecular weight excluding hydrogens is 362 g/mol. The zero-order valence-corrected chi connectivity index (χ0v) is 14.8. The van der Waals surface area contributed by atoms with Crippen LogP contribution in [0.15, 0.2) is 76.6 Å². The lowest BCUT2D eigenvalue weighted by atomic mass is 10.1. The Morgan fingerprint density at radius 2 is 1.74 bits per heavy atom. The summed E-state index contributed by atoms with van der Waals surface area (Å²) >= 11 is 1.24. The van der Waals surface area contributed by atoms with Crippen LogP contribution in [0.3, 0.4) is 0 Å². The maximum absolute atomic E-state index is 12.2. The second-order valence-corrected chi connectivity index (χ2v) is 6.89. The zero-order chi connectivity index (χ0) is 18.8. The first-order valence-corrected chi connectivity index (χ1v) is 8.93. The van der Waals surface area contributed by atoms with Crippen molar-refractivity contribution in [1.29, 1.82) is 0 Å². The first-order valence-electron chi connectivity index (χ1n) is 8.11. The number of non-ortho nitro benzene ring substituents is 1. The Morgan fingerprint density at radius 3 is 2.48 bits per heavy atom.